The first kappa shape index (κ1) is 12.2. The van der Waals surface area contributed by atoms with E-state index in [1.165, 1.54) is 12.8 Å². The van der Waals surface area contributed by atoms with Gasteiger partial charge in [-0.15, -0.1) is 0 Å². The summed E-state index contributed by atoms with van der Waals surface area (Å²) in [6, 6.07) is 10.4. The van der Waals surface area contributed by atoms with E-state index >= 15 is 0 Å². The highest BCUT2D eigenvalue weighted by molar-refractivity contribution is 5.38. The van der Waals surface area contributed by atoms with E-state index < -0.39 is 0 Å². The molecule has 3 rings (SSSR count). The fourth-order valence-electron chi connectivity index (χ4n) is 3.43. The number of likely N-dealkylation sites (N-methyl/N-ethyl adjacent to an activating group) is 1. The molecule has 1 aliphatic heterocycles. The fraction of sp³-hybridized carbons (Fsp3) is 0.625. The number of benzene rings is 1. The third kappa shape index (κ3) is 1.88. The minimum absolute atomic E-state index is 0.339. The molecule has 1 N–H and O–H groups in total. The first-order chi connectivity index (χ1) is 8.59. The fourth-order valence-corrected chi connectivity index (χ4v) is 3.43. The number of hydrogen-bond acceptors (Lipinski definition) is 2. The lowest BCUT2D eigenvalue weighted by Crippen LogP contribution is -2.57. The molecule has 0 spiro atoms. The molecule has 0 amide bonds. The van der Waals surface area contributed by atoms with Gasteiger partial charge in [-0.25, -0.2) is 0 Å². The van der Waals surface area contributed by atoms with Crippen LogP contribution in [0.4, 0.5) is 0 Å². The lowest BCUT2D eigenvalue weighted by molar-refractivity contribution is 0.108. The molecule has 18 heavy (non-hydrogen) atoms. The van der Waals surface area contributed by atoms with Crippen molar-refractivity contribution in [3.8, 4) is 0 Å². The smallest absolute Gasteiger partial charge is 0.0352 e. The highest BCUT2D eigenvalue weighted by atomic mass is 15.2. The van der Waals surface area contributed by atoms with Crippen LogP contribution in [0.15, 0.2) is 24.3 Å². The molecule has 0 saturated carbocycles. The van der Waals surface area contributed by atoms with Gasteiger partial charge in [0.25, 0.3) is 0 Å². The summed E-state index contributed by atoms with van der Waals surface area (Å²) >= 11 is 0. The van der Waals surface area contributed by atoms with Gasteiger partial charge in [0, 0.05) is 25.2 Å². The summed E-state index contributed by atoms with van der Waals surface area (Å²) in [6.45, 7) is 7.07. The molecule has 1 aromatic rings. The zero-order chi connectivity index (χ0) is 12.8. The second-order valence-corrected chi connectivity index (χ2v) is 6.50. The molecule has 2 aliphatic rings. The maximum Gasteiger partial charge on any atom is 0.0352 e. The van der Waals surface area contributed by atoms with Gasteiger partial charge in [-0.2, -0.15) is 0 Å². The van der Waals surface area contributed by atoms with Gasteiger partial charge in [0.1, 0.15) is 0 Å². The van der Waals surface area contributed by atoms with Crippen molar-refractivity contribution in [2.75, 3.05) is 20.1 Å². The summed E-state index contributed by atoms with van der Waals surface area (Å²) in [5, 5.41) is 3.38. The Morgan fingerprint density at radius 1 is 1.22 bits per heavy atom. The van der Waals surface area contributed by atoms with Crippen molar-refractivity contribution >= 4 is 0 Å². The van der Waals surface area contributed by atoms with Crippen molar-refractivity contribution in [2.24, 2.45) is 0 Å². The molecule has 1 fully saturated rings. The van der Waals surface area contributed by atoms with E-state index in [-0.39, 0.29) is 0 Å². The van der Waals surface area contributed by atoms with Gasteiger partial charge >= 0.3 is 0 Å². The van der Waals surface area contributed by atoms with Gasteiger partial charge in [0.05, 0.1) is 0 Å². The average molecular weight is 244 g/mol. The molecule has 2 heteroatoms. The Labute approximate surface area is 110 Å². The van der Waals surface area contributed by atoms with Crippen molar-refractivity contribution in [3.63, 3.8) is 0 Å². The monoisotopic (exact) mass is 244 g/mol. The van der Waals surface area contributed by atoms with Crippen LogP contribution in [0.2, 0.25) is 0 Å². The molecule has 0 aromatic heterocycles. The lowest BCUT2D eigenvalue weighted by Gasteiger charge is -2.46. The van der Waals surface area contributed by atoms with Crippen molar-refractivity contribution in [3.05, 3.63) is 35.4 Å². The van der Waals surface area contributed by atoms with Crippen molar-refractivity contribution in [2.45, 2.75) is 44.2 Å². The molecule has 1 unspecified atom stereocenters. The Hall–Kier alpha value is -0.860. The van der Waals surface area contributed by atoms with Crippen LogP contribution in [0.25, 0.3) is 0 Å². The zero-order valence-electron chi connectivity index (χ0n) is 11.7. The minimum atomic E-state index is 0.339. The quantitative estimate of drug-likeness (QED) is 0.860. The Morgan fingerprint density at radius 2 is 1.94 bits per heavy atom. The molecule has 1 atom stereocenters. The van der Waals surface area contributed by atoms with Crippen molar-refractivity contribution in [1.82, 2.24) is 10.2 Å². The van der Waals surface area contributed by atoms with Crippen molar-refractivity contribution in [1.29, 1.82) is 0 Å². The number of nitrogens with one attached hydrogen (secondary N) is 1. The van der Waals surface area contributed by atoms with Crippen molar-refractivity contribution < 1.29 is 0 Å². The molecular formula is C16H24N2. The van der Waals surface area contributed by atoms with Gasteiger partial charge in [-0.3, -0.25) is 4.90 Å². The summed E-state index contributed by atoms with van der Waals surface area (Å²) < 4.78 is 0. The number of hydrogen-bond donors (Lipinski definition) is 1. The van der Waals surface area contributed by atoms with Gasteiger partial charge in [0.2, 0.25) is 0 Å². The van der Waals surface area contributed by atoms with E-state index in [1.54, 1.807) is 11.1 Å². The number of rotatable bonds is 2. The summed E-state index contributed by atoms with van der Waals surface area (Å²) in [6.07, 6.45) is 2.58. The SMILES string of the molecule is CN(C1CNC1)C1CCC(C)(C)c2ccccc21. The lowest BCUT2D eigenvalue weighted by atomic mass is 9.70. The van der Waals surface area contributed by atoms with Crippen LogP contribution in [-0.2, 0) is 5.41 Å². The first-order valence-electron chi connectivity index (χ1n) is 7.12. The number of fused-ring (bicyclic) bond motifs is 1. The predicted octanol–water partition coefficient (Wildman–Crippen LogP) is 2.70. The maximum absolute atomic E-state index is 3.38. The highest BCUT2D eigenvalue weighted by Crippen LogP contribution is 2.43. The van der Waals surface area contributed by atoms with E-state index in [0.717, 1.165) is 19.1 Å². The highest BCUT2D eigenvalue weighted by Gasteiger charge is 2.36. The molecule has 1 saturated heterocycles. The van der Waals surface area contributed by atoms with Crippen LogP contribution in [0.5, 0.6) is 0 Å². The minimum Gasteiger partial charge on any atom is -0.314 e. The van der Waals surface area contributed by atoms with Crippen LogP contribution in [0.3, 0.4) is 0 Å². The second kappa shape index (κ2) is 4.36. The Kier molecular flexibility index (Phi) is 2.95. The first-order valence-corrected chi connectivity index (χ1v) is 7.12. The maximum atomic E-state index is 3.38. The molecule has 1 heterocycles. The third-order valence-electron chi connectivity index (χ3n) is 4.92. The summed E-state index contributed by atoms with van der Waals surface area (Å²) in [5.74, 6) is 0. The summed E-state index contributed by atoms with van der Waals surface area (Å²) in [5.41, 5.74) is 3.45. The molecule has 2 nitrogen and oxygen atoms in total. The van der Waals surface area contributed by atoms with Crippen LogP contribution in [-0.4, -0.2) is 31.1 Å². The number of nitrogens with zero attached hydrogens (tertiary/aromatic N) is 1. The molecule has 98 valence electrons. The van der Waals surface area contributed by atoms with Gasteiger partial charge in [0.15, 0.2) is 0 Å². The topological polar surface area (TPSA) is 15.3 Å². The Balaban J connectivity index is 1.93. The molecule has 0 bridgehead atoms. The van der Waals surface area contributed by atoms with E-state index in [1.807, 2.05) is 0 Å². The standard InChI is InChI=1S/C16H24N2/c1-16(2)9-8-15(18(3)12-10-17-11-12)13-6-4-5-7-14(13)16/h4-7,12,15,17H,8-11H2,1-3H3. The van der Waals surface area contributed by atoms with E-state index in [2.05, 4.69) is 55.4 Å². The van der Waals surface area contributed by atoms with Crippen LogP contribution >= 0.6 is 0 Å². The Morgan fingerprint density at radius 3 is 2.61 bits per heavy atom. The van der Waals surface area contributed by atoms with Crippen LogP contribution in [0.1, 0.15) is 43.9 Å². The van der Waals surface area contributed by atoms with Gasteiger partial charge < -0.3 is 5.32 Å². The summed E-state index contributed by atoms with van der Waals surface area (Å²) in [4.78, 5) is 2.59. The summed E-state index contributed by atoms with van der Waals surface area (Å²) in [7, 11) is 2.30. The zero-order valence-corrected chi connectivity index (χ0v) is 11.7. The molecule has 1 aliphatic carbocycles. The molecule has 0 radical (unpaired) electrons. The molecule has 1 aromatic carbocycles. The molecular weight excluding hydrogens is 220 g/mol. The van der Waals surface area contributed by atoms with Gasteiger partial charge in [-0.1, -0.05) is 38.1 Å². The average Bonchev–Trinajstić information content (AvgIpc) is 2.27. The second-order valence-electron chi connectivity index (χ2n) is 6.50. The van der Waals surface area contributed by atoms with E-state index in [9.17, 15) is 0 Å². The van der Waals surface area contributed by atoms with E-state index in [0.29, 0.717) is 11.5 Å². The predicted molar refractivity (Wildman–Crippen MR) is 75.9 cm³/mol. The van der Waals surface area contributed by atoms with Crippen LogP contribution in [0, 0.1) is 0 Å². The third-order valence-corrected chi connectivity index (χ3v) is 4.92. The largest absolute Gasteiger partial charge is 0.314 e. The normalized spacial score (nSPS) is 26.8. The van der Waals surface area contributed by atoms with E-state index in [4.69, 9.17) is 0 Å². The van der Waals surface area contributed by atoms with Crippen LogP contribution < -0.4 is 5.32 Å². The van der Waals surface area contributed by atoms with Gasteiger partial charge in [-0.05, 0) is 36.4 Å². The Bertz CT molecular complexity index is 434.